The lowest BCUT2D eigenvalue weighted by atomic mass is 10.2. The van der Waals surface area contributed by atoms with Gasteiger partial charge in [0, 0.05) is 30.9 Å². The minimum atomic E-state index is -0.227. The maximum Gasteiger partial charge on any atom is 0.246 e. The Kier molecular flexibility index (Phi) is 22.5. The van der Waals surface area contributed by atoms with Crippen LogP contribution in [0.15, 0.2) is 36.4 Å². The van der Waals surface area contributed by atoms with E-state index in [9.17, 15) is 9.59 Å². The molecule has 1 atom stereocenters. The first-order valence-corrected chi connectivity index (χ1v) is 16.7. The Morgan fingerprint density at radius 2 is 1.71 bits per heavy atom. The lowest BCUT2D eigenvalue weighted by molar-refractivity contribution is -0.126. The number of carbonyl (C=O) groups is 2. The Morgan fingerprint density at radius 1 is 0.951 bits per heavy atom. The van der Waals surface area contributed by atoms with Crippen molar-refractivity contribution in [2.24, 2.45) is 5.92 Å². The van der Waals surface area contributed by atoms with Crippen LogP contribution in [0.1, 0.15) is 34.1 Å². The van der Waals surface area contributed by atoms with E-state index in [0.29, 0.717) is 76.2 Å². The van der Waals surface area contributed by atoms with Crippen molar-refractivity contribution < 1.29 is 33.3 Å². The summed E-state index contributed by atoms with van der Waals surface area (Å²) in [6, 6.07) is 7.67. The summed E-state index contributed by atoms with van der Waals surface area (Å²) in [5.74, 6) is 0.782. The standard InChI is InChI=1S/C29H49N3O7S2/c1-23(2)8-7-12-31-28(34)21-37-18-19-38-29(41-40-5)22-39-26-10-6-9-25(20-26)32-27(33)11-14-35-16-17-36-15-13-30-24(3)4/h6-10,20,23-24,29-30H,11-19,21-22H2,1-5H3,(H,31,34)(H,32,33)/b8-7+. The van der Waals surface area contributed by atoms with Gasteiger partial charge in [0.05, 0.1) is 46.1 Å². The molecular formula is C29H49N3O7S2. The molecule has 10 nitrogen and oxygen atoms in total. The van der Waals surface area contributed by atoms with Crippen LogP contribution in [0.2, 0.25) is 0 Å². The monoisotopic (exact) mass is 615 g/mol. The number of hydrogen-bond acceptors (Lipinski definition) is 10. The van der Waals surface area contributed by atoms with E-state index in [4.69, 9.17) is 23.7 Å². The van der Waals surface area contributed by atoms with Gasteiger partial charge in [0.15, 0.2) is 0 Å². The van der Waals surface area contributed by atoms with E-state index in [-0.39, 0.29) is 30.3 Å². The Hall–Kier alpha value is -1.80. The highest BCUT2D eigenvalue weighted by Crippen LogP contribution is 2.26. The fourth-order valence-corrected chi connectivity index (χ4v) is 4.60. The van der Waals surface area contributed by atoms with Gasteiger partial charge in [0.25, 0.3) is 0 Å². The summed E-state index contributed by atoms with van der Waals surface area (Å²) in [5.41, 5.74) is 0.421. The van der Waals surface area contributed by atoms with E-state index in [1.54, 1.807) is 27.7 Å². The van der Waals surface area contributed by atoms with Gasteiger partial charge in [0.2, 0.25) is 11.8 Å². The number of benzene rings is 1. The molecule has 0 heterocycles. The van der Waals surface area contributed by atoms with Crippen LogP contribution in [-0.4, -0.2) is 95.5 Å². The molecule has 0 aliphatic carbocycles. The molecule has 0 aliphatic heterocycles. The molecule has 0 radical (unpaired) electrons. The minimum Gasteiger partial charge on any atom is -0.490 e. The van der Waals surface area contributed by atoms with Gasteiger partial charge in [-0.2, -0.15) is 0 Å². The molecule has 0 bridgehead atoms. The minimum absolute atomic E-state index is 0.00868. The average molecular weight is 616 g/mol. The zero-order chi connectivity index (χ0) is 30.1. The number of carbonyl (C=O) groups excluding carboxylic acids is 2. The second kappa shape index (κ2) is 24.8. The van der Waals surface area contributed by atoms with Gasteiger partial charge in [-0.15, -0.1) is 0 Å². The number of anilines is 1. The SMILES string of the molecule is CSSC(COc1cccc(NC(=O)CCOCCOCCNC(C)C)c1)OCCOCC(=O)NC/C=C/C(C)C. The van der Waals surface area contributed by atoms with Crippen molar-refractivity contribution in [1.82, 2.24) is 10.6 Å². The Balaban J connectivity index is 2.24. The van der Waals surface area contributed by atoms with Crippen molar-refractivity contribution in [3.8, 4) is 5.75 Å². The average Bonchev–Trinajstić information content (AvgIpc) is 2.92. The topological polar surface area (TPSA) is 116 Å². The summed E-state index contributed by atoms with van der Waals surface area (Å²) < 4.78 is 28.1. The van der Waals surface area contributed by atoms with E-state index >= 15 is 0 Å². The molecule has 2 amide bonds. The van der Waals surface area contributed by atoms with Gasteiger partial charge in [-0.3, -0.25) is 9.59 Å². The van der Waals surface area contributed by atoms with E-state index in [2.05, 4.69) is 43.6 Å². The lowest BCUT2D eigenvalue weighted by Crippen LogP contribution is -2.28. The molecular weight excluding hydrogens is 566 g/mol. The Morgan fingerprint density at radius 3 is 2.44 bits per heavy atom. The zero-order valence-corrected chi connectivity index (χ0v) is 26.8. The second-order valence-electron chi connectivity index (χ2n) is 9.56. The van der Waals surface area contributed by atoms with Gasteiger partial charge < -0.3 is 39.6 Å². The number of allylic oxidation sites excluding steroid dienone is 1. The summed E-state index contributed by atoms with van der Waals surface area (Å²) in [4.78, 5) is 24.1. The van der Waals surface area contributed by atoms with E-state index in [1.807, 2.05) is 36.6 Å². The molecule has 1 rings (SSSR count). The highest BCUT2D eigenvalue weighted by atomic mass is 33.1. The van der Waals surface area contributed by atoms with Crippen LogP contribution in [0, 0.1) is 5.92 Å². The molecule has 0 saturated heterocycles. The van der Waals surface area contributed by atoms with Crippen LogP contribution in [0.3, 0.4) is 0 Å². The summed E-state index contributed by atoms with van der Waals surface area (Å²) in [6.07, 6.45) is 6.19. The first-order valence-electron chi connectivity index (χ1n) is 14.0. The molecule has 1 aromatic rings. The van der Waals surface area contributed by atoms with Crippen LogP contribution < -0.4 is 20.7 Å². The van der Waals surface area contributed by atoms with Crippen molar-refractivity contribution in [1.29, 1.82) is 0 Å². The third kappa shape index (κ3) is 22.5. The predicted octanol–water partition coefficient (Wildman–Crippen LogP) is 4.12. The fraction of sp³-hybridized carbons (Fsp3) is 0.655. The van der Waals surface area contributed by atoms with E-state index < -0.39 is 0 Å². The molecule has 0 aliphatic rings. The van der Waals surface area contributed by atoms with Crippen LogP contribution in [0.5, 0.6) is 5.75 Å². The maximum atomic E-state index is 12.3. The Bertz CT molecular complexity index is 859. The summed E-state index contributed by atoms with van der Waals surface area (Å²) in [5, 5.41) is 8.93. The summed E-state index contributed by atoms with van der Waals surface area (Å²) >= 11 is 0. The van der Waals surface area contributed by atoms with Crippen molar-refractivity contribution >= 4 is 39.1 Å². The lowest BCUT2D eigenvalue weighted by Gasteiger charge is -2.17. The normalized spacial score (nSPS) is 12.3. The van der Waals surface area contributed by atoms with Gasteiger partial charge in [-0.25, -0.2) is 0 Å². The van der Waals surface area contributed by atoms with Crippen LogP contribution in [0.4, 0.5) is 5.69 Å². The highest BCUT2D eigenvalue weighted by molar-refractivity contribution is 8.76. The maximum absolute atomic E-state index is 12.3. The molecule has 0 saturated carbocycles. The smallest absolute Gasteiger partial charge is 0.246 e. The van der Waals surface area contributed by atoms with Crippen molar-refractivity contribution in [3.63, 3.8) is 0 Å². The van der Waals surface area contributed by atoms with E-state index in [0.717, 1.165) is 6.54 Å². The third-order valence-corrected chi connectivity index (χ3v) is 6.96. The molecule has 3 N–H and O–H groups in total. The number of hydrogen-bond donors (Lipinski definition) is 3. The van der Waals surface area contributed by atoms with Crippen LogP contribution >= 0.6 is 21.6 Å². The number of amides is 2. The largest absolute Gasteiger partial charge is 0.490 e. The van der Waals surface area contributed by atoms with Gasteiger partial charge in [-0.1, -0.05) is 67.5 Å². The van der Waals surface area contributed by atoms with Crippen molar-refractivity contribution in [3.05, 3.63) is 36.4 Å². The molecule has 12 heteroatoms. The summed E-state index contributed by atoms with van der Waals surface area (Å²) in [7, 11) is 3.12. The molecule has 234 valence electrons. The van der Waals surface area contributed by atoms with Crippen molar-refractivity contribution in [2.75, 3.05) is 77.5 Å². The molecule has 1 unspecified atom stereocenters. The van der Waals surface area contributed by atoms with E-state index in [1.165, 1.54) is 0 Å². The third-order valence-electron chi connectivity index (χ3n) is 5.05. The van der Waals surface area contributed by atoms with Crippen molar-refractivity contribution in [2.45, 2.75) is 45.6 Å². The quantitative estimate of drug-likeness (QED) is 0.0642. The second-order valence-corrected chi connectivity index (χ2v) is 12.2. The van der Waals surface area contributed by atoms with Gasteiger partial charge in [-0.05, 0) is 24.3 Å². The molecule has 41 heavy (non-hydrogen) atoms. The zero-order valence-electron chi connectivity index (χ0n) is 25.1. The summed E-state index contributed by atoms with van der Waals surface area (Å²) in [6.45, 7) is 12.5. The first kappa shape index (κ1) is 37.2. The Labute approximate surface area is 253 Å². The predicted molar refractivity (Wildman–Crippen MR) is 169 cm³/mol. The van der Waals surface area contributed by atoms with Gasteiger partial charge in [0.1, 0.15) is 24.4 Å². The highest BCUT2D eigenvalue weighted by Gasteiger charge is 2.12. The molecule has 0 fully saturated rings. The van der Waals surface area contributed by atoms with Crippen LogP contribution in [0.25, 0.3) is 0 Å². The number of nitrogens with one attached hydrogen (secondary N) is 3. The number of ether oxygens (including phenoxy) is 5. The van der Waals surface area contributed by atoms with Crippen LogP contribution in [-0.2, 0) is 28.5 Å². The molecule has 1 aromatic carbocycles. The fourth-order valence-electron chi connectivity index (χ4n) is 3.14. The first-order chi connectivity index (χ1) is 19.8. The molecule has 0 spiro atoms. The molecule has 0 aromatic heterocycles. The van der Waals surface area contributed by atoms with Gasteiger partial charge >= 0.3 is 0 Å². The number of rotatable bonds is 25.